The van der Waals surface area contributed by atoms with Crippen molar-refractivity contribution in [1.29, 1.82) is 0 Å². The lowest BCUT2D eigenvalue weighted by atomic mass is 10.1. The van der Waals surface area contributed by atoms with Gasteiger partial charge in [-0.2, -0.15) is 10.2 Å². The molecule has 8 nitrogen and oxygen atoms in total. The molecule has 0 saturated carbocycles. The number of aromatic amines is 1. The van der Waals surface area contributed by atoms with Crippen molar-refractivity contribution in [1.82, 2.24) is 29.9 Å². The first-order valence-corrected chi connectivity index (χ1v) is 12.4. The second-order valence-electron chi connectivity index (χ2n) is 8.47. The van der Waals surface area contributed by atoms with Gasteiger partial charge in [-0.1, -0.05) is 24.0 Å². The number of hydrogen-bond donors (Lipinski definition) is 2. The summed E-state index contributed by atoms with van der Waals surface area (Å²) in [6, 6.07) is 12.1. The lowest BCUT2D eigenvalue weighted by molar-refractivity contribution is -0.116. The number of fused-ring (bicyclic) bond motifs is 3. The fourth-order valence-corrected chi connectivity index (χ4v) is 5.07. The molecule has 5 aromatic rings. The Morgan fingerprint density at radius 2 is 2.08 bits per heavy atom. The largest absolute Gasteiger partial charge is 0.326 e. The molecule has 1 aliphatic rings. The van der Waals surface area contributed by atoms with Crippen molar-refractivity contribution >= 4 is 22.9 Å². The predicted octanol–water partition coefficient (Wildman–Crippen LogP) is 4.51. The molecule has 0 atom stereocenters. The molecule has 4 aromatic heterocycles. The number of nitrogens with zero attached hydrogens (tertiary/aromatic N) is 5. The van der Waals surface area contributed by atoms with Gasteiger partial charge >= 0.3 is 0 Å². The summed E-state index contributed by atoms with van der Waals surface area (Å²) in [5, 5.41) is 17.0. The normalized spacial score (nSPS) is 11.4. The highest BCUT2D eigenvalue weighted by Crippen LogP contribution is 2.41. The van der Waals surface area contributed by atoms with Crippen molar-refractivity contribution in [3.05, 3.63) is 88.4 Å². The van der Waals surface area contributed by atoms with Crippen LogP contribution in [0.25, 0.3) is 22.5 Å². The summed E-state index contributed by atoms with van der Waals surface area (Å²) in [5.74, 6) is 6.24. The standard InChI is InChI=1S/C27H21N7OS/c35-25(31-21-7-9-28-10-8-21)4-2-1-3-22-12-20(15-36-22)26-24-13-19-6-5-18(14-34-17-29-16-30-34)11-23(19)27(24)33-32-26/h5-12,15-17H,2,4,13-14H2,(H,32,33)(H,28,31,35). The number of carbonyl (C=O) groups excluding carboxylic acids is 1. The minimum atomic E-state index is -0.0570. The smallest absolute Gasteiger partial charge is 0.225 e. The first-order valence-electron chi connectivity index (χ1n) is 11.5. The number of rotatable bonds is 6. The van der Waals surface area contributed by atoms with Gasteiger partial charge in [0.2, 0.25) is 5.91 Å². The number of aromatic nitrogens is 6. The summed E-state index contributed by atoms with van der Waals surface area (Å²) < 4.78 is 1.82. The number of amides is 1. The molecule has 0 radical (unpaired) electrons. The van der Waals surface area contributed by atoms with Gasteiger partial charge in [0.1, 0.15) is 12.7 Å². The molecule has 0 aliphatic heterocycles. The fraction of sp³-hybridized carbons (Fsp3) is 0.148. The van der Waals surface area contributed by atoms with E-state index in [0.717, 1.165) is 33.9 Å². The van der Waals surface area contributed by atoms with E-state index in [1.165, 1.54) is 22.3 Å². The Morgan fingerprint density at radius 3 is 2.94 bits per heavy atom. The molecular weight excluding hydrogens is 470 g/mol. The van der Waals surface area contributed by atoms with Crippen LogP contribution < -0.4 is 5.32 Å². The van der Waals surface area contributed by atoms with Gasteiger partial charge in [-0.05, 0) is 35.4 Å². The van der Waals surface area contributed by atoms with E-state index in [1.54, 1.807) is 48.5 Å². The molecule has 6 rings (SSSR count). The van der Waals surface area contributed by atoms with Crippen molar-refractivity contribution < 1.29 is 4.79 Å². The molecule has 4 heterocycles. The van der Waals surface area contributed by atoms with Gasteiger partial charge in [0, 0.05) is 59.4 Å². The van der Waals surface area contributed by atoms with Crippen molar-refractivity contribution in [3.8, 4) is 34.4 Å². The van der Waals surface area contributed by atoms with Crippen molar-refractivity contribution in [2.24, 2.45) is 0 Å². The van der Waals surface area contributed by atoms with Gasteiger partial charge in [0.15, 0.2) is 0 Å². The quantitative estimate of drug-likeness (QED) is 0.334. The van der Waals surface area contributed by atoms with Crippen molar-refractivity contribution in [2.75, 3.05) is 5.32 Å². The third-order valence-corrected chi connectivity index (χ3v) is 6.86. The lowest BCUT2D eigenvalue weighted by Crippen LogP contribution is -2.10. The summed E-state index contributed by atoms with van der Waals surface area (Å²) in [7, 11) is 0. The Balaban J connectivity index is 1.12. The number of hydrogen-bond acceptors (Lipinski definition) is 6. The highest BCUT2D eigenvalue weighted by molar-refractivity contribution is 7.11. The van der Waals surface area contributed by atoms with Crippen LogP contribution in [0.5, 0.6) is 0 Å². The molecule has 0 unspecified atom stereocenters. The number of anilines is 1. The summed E-state index contributed by atoms with van der Waals surface area (Å²) in [5.41, 5.74) is 8.74. The molecule has 0 spiro atoms. The first-order chi connectivity index (χ1) is 17.7. The SMILES string of the molecule is O=C(CCC#Cc1cc(-c2n[nH]c3c2Cc2ccc(Cn4cncn4)cc2-3)cs1)Nc1ccncc1. The predicted molar refractivity (Wildman–Crippen MR) is 138 cm³/mol. The number of H-pyrrole nitrogens is 1. The van der Waals surface area contributed by atoms with Crippen LogP contribution in [0.2, 0.25) is 0 Å². The van der Waals surface area contributed by atoms with Crippen LogP contribution in [0, 0.1) is 11.8 Å². The molecule has 176 valence electrons. The zero-order chi connectivity index (χ0) is 24.3. The Labute approximate surface area is 211 Å². The maximum absolute atomic E-state index is 12.1. The second kappa shape index (κ2) is 9.60. The van der Waals surface area contributed by atoms with Crippen LogP contribution in [0.15, 0.2) is 66.8 Å². The van der Waals surface area contributed by atoms with Crippen LogP contribution in [0.4, 0.5) is 5.69 Å². The molecule has 2 N–H and O–H groups in total. The minimum Gasteiger partial charge on any atom is -0.326 e. The molecule has 36 heavy (non-hydrogen) atoms. The van der Waals surface area contributed by atoms with Gasteiger partial charge in [-0.25, -0.2) is 9.67 Å². The lowest BCUT2D eigenvalue weighted by Gasteiger charge is -2.05. The van der Waals surface area contributed by atoms with Crippen molar-refractivity contribution in [2.45, 2.75) is 25.8 Å². The summed E-state index contributed by atoms with van der Waals surface area (Å²) in [6.45, 7) is 0.682. The van der Waals surface area contributed by atoms with Gasteiger partial charge in [-0.15, -0.1) is 11.3 Å². The van der Waals surface area contributed by atoms with Crippen LogP contribution in [0.3, 0.4) is 0 Å². The second-order valence-corrected chi connectivity index (χ2v) is 9.38. The summed E-state index contributed by atoms with van der Waals surface area (Å²) in [4.78, 5) is 21.0. The number of benzene rings is 1. The fourth-order valence-electron chi connectivity index (χ4n) is 4.31. The van der Waals surface area contributed by atoms with Crippen molar-refractivity contribution in [3.63, 3.8) is 0 Å². The Kier molecular flexibility index (Phi) is 5.85. The summed E-state index contributed by atoms with van der Waals surface area (Å²) >= 11 is 1.59. The monoisotopic (exact) mass is 491 g/mol. The number of carbonyl (C=O) groups is 1. The minimum absolute atomic E-state index is 0.0570. The number of pyridine rings is 1. The molecule has 1 aromatic carbocycles. The first kappa shape index (κ1) is 21.9. The van der Waals surface area contributed by atoms with E-state index in [4.69, 9.17) is 0 Å². The molecule has 0 saturated heterocycles. The average Bonchev–Trinajstić information content (AvgIpc) is 3.68. The molecule has 9 heteroatoms. The van der Waals surface area contributed by atoms with Crippen LogP contribution in [-0.4, -0.2) is 35.9 Å². The number of nitrogens with one attached hydrogen (secondary N) is 2. The third-order valence-electron chi connectivity index (χ3n) is 6.01. The maximum Gasteiger partial charge on any atom is 0.225 e. The van der Waals surface area contributed by atoms with Crippen LogP contribution in [-0.2, 0) is 17.8 Å². The molecule has 0 bridgehead atoms. The zero-order valence-corrected chi connectivity index (χ0v) is 20.0. The van der Waals surface area contributed by atoms with Gasteiger partial charge in [0.25, 0.3) is 0 Å². The molecule has 1 aliphatic carbocycles. The highest BCUT2D eigenvalue weighted by atomic mass is 32.1. The third kappa shape index (κ3) is 4.54. The Hall–Kier alpha value is -4.55. The molecule has 0 fully saturated rings. The molecular formula is C27H21N7OS. The number of thiophene rings is 1. The highest BCUT2D eigenvalue weighted by Gasteiger charge is 2.25. The average molecular weight is 492 g/mol. The van der Waals surface area contributed by atoms with E-state index >= 15 is 0 Å². The zero-order valence-electron chi connectivity index (χ0n) is 19.2. The van der Waals surface area contributed by atoms with Crippen LogP contribution in [0.1, 0.15) is 34.4 Å². The van der Waals surface area contributed by atoms with E-state index < -0.39 is 0 Å². The van der Waals surface area contributed by atoms with Gasteiger partial charge in [-0.3, -0.25) is 14.9 Å². The van der Waals surface area contributed by atoms with Gasteiger partial charge < -0.3 is 5.32 Å². The van der Waals surface area contributed by atoms with Gasteiger partial charge in [0.05, 0.1) is 22.8 Å². The Morgan fingerprint density at radius 1 is 1.17 bits per heavy atom. The van der Waals surface area contributed by atoms with E-state index in [0.29, 0.717) is 19.4 Å². The summed E-state index contributed by atoms with van der Waals surface area (Å²) in [6.07, 6.45) is 8.26. The molecule has 1 amide bonds. The van der Waals surface area contributed by atoms with Crippen LogP contribution >= 0.6 is 11.3 Å². The van der Waals surface area contributed by atoms with E-state index in [-0.39, 0.29) is 5.91 Å². The maximum atomic E-state index is 12.1. The topological polar surface area (TPSA) is 101 Å². The van der Waals surface area contributed by atoms with E-state index in [2.05, 4.69) is 72.1 Å². The Bertz CT molecular complexity index is 1590. The van der Waals surface area contributed by atoms with E-state index in [1.807, 2.05) is 4.68 Å². The van der Waals surface area contributed by atoms with E-state index in [9.17, 15) is 4.79 Å².